The van der Waals surface area contributed by atoms with Crippen molar-refractivity contribution in [3.05, 3.63) is 24.3 Å². The maximum atomic E-state index is 11.1. The van der Waals surface area contributed by atoms with Crippen molar-refractivity contribution in [2.45, 2.75) is 26.2 Å². The molecule has 4 nitrogen and oxygen atoms in total. The number of rotatable bonds is 6. The van der Waals surface area contributed by atoms with E-state index in [2.05, 4.69) is 11.0 Å². The maximum absolute atomic E-state index is 11.1. The normalized spacial score (nSPS) is 19.9. The van der Waals surface area contributed by atoms with Gasteiger partial charge in [-0.25, -0.2) is 0 Å². The summed E-state index contributed by atoms with van der Waals surface area (Å²) in [5.41, 5.74) is 1.11. The van der Waals surface area contributed by atoms with Gasteiger partial charge in [0.15, 0.2) is 0 Å². The van der Waals surface area contributed by atoms with E-state index in [0.29, 0.717) is 12.3 Å². The molecule has 1 aromatic carbocycles. The zero-order chi connectivity index (χ0) is 14.5. The first kappa shape index (κ1) is 14.7. The fraction of sp³-hybridized carbons (Fsp3) is 0.562. The number of hydrogen-bond acceptors (Lipinski definition) is 3. The van der Waals surface area contributed by atoms with Crippen LogP contribution in [0.3, 0.4) is 0 Å². The van der Waals surface area contributed by atoms with Crippen LogP contribution in [0.4, 0.5) is 5.69 Å². The molecule has 0 amide bonds. The second-order valence-corrected chi connectivity index (χ2v) is 5.45. The Morgan fingerprint density at radius 3 is 2.90 bits per heavy atom. The van der Waals surface area contributed by atoms with Crippen molar-refractivity contribution in [2.75, 3.05) is 25.1 Å². The number of carboxylic acid groups (broad SMARTS) is 1. The van der Waals surface area contributed by atoms with E-state index in [0.717, 1.165) is 37.4 Å². The molecule has 20 heavy (non-hydrogen) atoms. The molecule has 2 atom stereocenters. The van der Waals surface area contributed by atoms with Crippen molar-refractivity contribution >= 4 is 11.7 Å². The molecule has 0 spiro atoms. The number of nitrogens with zero attached hydrogens (tertiary/aromatic N) is 1. The molecule has 1 saturated heterocycles. The van der Waals surface area contributed by atoms with Gasteiger partial charge in [0.05, 0.1) is 18.7 Å². The second-order valence-electron chi connectivity index (χ2n) is 5.45. The fourth-order valence-corrected chi connectivity index (χ4v) is 2.98. The van der Waals surface area contributed by atoms with Crippen LogP contribution in [0.25, 0.3) is 0 Å². The summed E-state index contributed by atoms with van der Waals surface area (Å²) in [6.07, 6.45) is 2.54. The van der Waals surface area contributed by atoms with Crippen LogP contribution in [-0.2, 0) is 4.79 Å². The Balaban J connectivity index is 2.00. The Labute approximate surface area is 120 Å². The van der Waals surface area contributed by atoms with Crippen LogP contribution in [0.1, 0.15) is 26.2 Å². The molecule has 2 rings (SSSR count). The average Bonchev–Trinajstić information content (AvgIpc) is 2.92. The summed E-state index contributed by atoms with van der Waals surface area (Å²) in [5, 5.41) is 9.17. The number of carbonyl (C=O) groups is 1. The molecule has 0 aromatic heterocycles. The number of benzene rings is 1. The van der Waals surface area contributed by atoms with Gasteiger partial charge in [0.1, 0.15) is 5.75 Å². The predicted molar refractivity (Wildman–Crippen MR) is 79.3 cm³/mol. The van der Waals surface area contributed by atoms with Gasteiger partial charge in [-0.05, 0) is 37.3 Å². The highest BCUT2D eigenvalue weighted by molar-refractivity contribution is 5.69. The van der Waals surface area contributed by atoms with Gasteiger partial charge in [0, 0.05) is 13.1 Å². The molecule has 2 unspecified atom stereocenters. The van der Waals surface area contributed by atoms with Crippen molar-refractivity contribution in [2.24, 2.45) is 11.8 Å². The van der Waals surface area contributed by atoms with Gasteiger partial charge in [0.2, 0.25) is 0 Å². The molecule has 0 bridgehead atoms. The molecule has 0 saturated carbocycles. The predicted octanol–water partition coefficient (Wildman–Crippen LogP) is 3.02. The lowest BCUT2D eigenvalue weighted by Crippen LogP contribution is -2.22. The highest BCUT2D eigenvalue weighted by Crippen LogP contribution is 2.34. The van der Waals surface area contributed by atoms with Crippen LogP contribution >= 0.6 is 0 Å². The summed E-state index contributed by atoms with van der Waals surface area (Å²) >= 11 is 0. The Hall–Kier alpha value is -1.71. The monoisotopic (exact) mass is 277 g/mol. The van der Waals surface area contributed by atoms with Crippen molar-refractivity contribution in [3.8, 4) is 5.75 Å². The summed E-state index contributed by atoms with van der Waals surface area (Å²) in [5.74, 6) is 0.472. The van der Waals surface area contributed by atoms with Gasteiger partial charge >= 0.3 is 5.97 Å². The van der Waals surface area contributed by atoms with Gasteiger partial charge in [0.25, 0.3) is 0 Å². The lowest BCUT2D eigenvalue weighted by molar-refractivity contribution is -0.142. The minimum atomic E-state index is -0.664. The highest BCUT2D eigenvalue weighted by atomic mass is 16.5. The van der Waals surface area contributed by atoms with Gasteiger partial charge in [-0.2, -0.15) is 0 Å². The average molecular weight is 277 g/mol. The zero-order valence-electron chi connectivity index (χ0n) is 12.2. The Bertz CT molecular complexity index is 461. The minimum Gasteiger partial charge on any atom is -0.495 e. The second kappa shape index (κ2) is 6.64. The number of carboxylic acids is 1. The third-order valence-corrected chi connectivity index (χ3v) is 4.17. The van der Waals surface area contributed by atoms with E-state index < -0.39 is 5.97 Å². The van der Waals surface area contributed by atoms with Crippen molar-refractivity contribution in [3.63, 3.8) is 0 Å². The number of methoxy groups -OCH3 is 1. The molecule has 0 aliphatic carbocycles. The van der Waals surface area contributed by atoms with E-state index in [1.54, 1.807) is 7.11 Å². The molecule has 1 aromatic rings. The Morgan fingerprint density at radius 2 is 2.25 bits per heavy atom. The summed E-state index contributed by atoms with van der Waals surface area (Å²) in [6.45, 7) is 3.84. The fourth-order valence-electron chi connectivity index (χ4n) is 2.98. The van der Waals surface area contributed by atoms with Crippen LogP contribution in [0.5, 0.6) is 5.75 Å². The topological polar surface area (TPSA) is 49.8 Å². The number of hydrogen-bond donors (Lipinski definition) is 1. The molecule has 1 heterocycles. The quantitative estimate of drug-likeness (QED) is 0.868. The van der Waals surface area contributed by atoms with Crippen LogP contribution < -0.4 is 9.64 Å². The van der Waals surface area contributed by atoms with E-state index in [4.69, 9.17) is 9.84 Å². The third-order valence-electron chi connectivity index (χ3n) is 4.17. The van der Waals surface area contributed by atoms with Crippen molar-refractivity contribution in [1.29, 1.82) is 0 Å². The molecular weight excluding hydrogens is 254 g/mol. The first-order valence-corrected chi connectivity index (χ1v) is 7.26. The van der Waals surface area contributed by atoms with Crippen LogP contribution in [-0.4, -0.2) is 31.3 Å². The lowest BCUT2D eigenvalue weighted by atomic mass is 9.92. The number of para-hydroxylation sites is 2. The summed E-state index contributed by atoms with van der Waals surface area (Å²) < 4.78 is 5.40. The maximum Gasteiger partial charge on any atom is 0.306 e. The Morgan fingerprint density at radius 1 is 1.50 bits per heavy atom. The van der Waals surface area contributed by atoms with E-state index >= 15 is 0 Å². The molecule has 1 aliphatic heterocycles. The van der Waals surface area contributed by atoms with E-state index in [1.165, 1.54) is 0 Å². The minimum absolute atomic E-state index is 0.211. The van der Waals surface area contributed by atoms with Crippen molar-refractivity contribution in [1.82, 2.24) is 0 Å². The zero-order valence-corrected chi connectivity index (χ0v) is 12.2. The summed E-state index contributed by atoms with van der Waals surface area (Å²) in [4.78, 5) is 13.4. The van der Waals surface area contributed by atoms with Gasteiger partial charge in [-0.3, -0.25) is 4.79 Å². The first-order chi connectivity index (χ1) is 9.65. The Kier molecular flexibility index (Phi) is 4.88. The molecule has 0 radical (unpaired) electrons. The molecule has 4 heteroatoms. The molecule has 1 N–H and O–H groups in total. The number of anilines is 1. The SMILES string of the molecule is CCC(CC1CCN(c2ccccc2OC)C1)C(=O)O. The summed E-state index contributed by atoms with van der Waals surface area (Å²) in [6, 6.07) is 8.01. The number of ether oxygens (including phenoxy) is 1. The van der Waals surface area contributed by atoms with Gasteiger partial charge in [-0.15, -0.1) is 0 Å². The van der Waals surface area contributed by atoms with Crippen LogP contribution in [0.15, 0.2) is 24.3 Å². The molecular formula is C16H23NO3. The first-order valence-electron chi connectivity index (χ1n) is 7.26. The van der Waals surface area contributed by atoms with Crippen LogP contribution in [0.2, 0.25) is 0 Å². The summed E-state index contributed by atoms with van der Waals surface area (Å²) in [7, 11) is 1.68. The van der Waals surface area contributed by atoms with Crippen molar-refractivity contribution < 1.29 is 14.6 Å². The lowest BCUT2D eigenvalue weighted by Gasteiger charge is -2.22. The molecule has 1 aliphatic rings. The van der Waals surface area contributed by atoms with E-state index in [9.17, 15) is 4.79 Å². The third kappa shape index (κ3) is 3.24. The highest BCUT2D eigenvalue weighted by Gasteiger charge is 2.28. The van der Waals surface area contributed by atoms with E-state index in [1.807, 2.05) is 25.1 Å². The van der Waals surface area contributed by atoms with Crippen LogP contribution in [0, 0.1) is 11.8 Å². The molecule has 110 valence electrons. The smallest absolute Gasteiger partial charge is 0.306 e. The van der Waals surface area contributed by atoms with Gasteiger partial charge in [-0.1, -0.05) is 19.1 Å². The largest absolute Gasteiger partial charge is 0.495 e. The van der Waals surface area contributed by atoms with E-state index in [-0.39, 0.29) is 5.92 Å². The number of aliphatic carboxylic acids is 1. The standard InChI is InChI=1S/C16H23NO3/c1-3-13(16(18)19)10-12-8-9-17(11-12)14-6-4-5-7-15(14)20-2/h4-7,12-13H,3,8-11H2,1-2H3,(H,18,19). The van der Waals surface area contributed by atoms with Gasteiger partial charge < -0.3 is 14.7 Å². The molecule has 1 fully saturated rings.